The van der Waals surface area contributed by atoms with Gasteiger partial charge in [-0.25, -0.2) is 4.79 Å². The summed E-state index contributed by atoms with van der Waals surface area (Å²) in [4.78, 5) is 124. The van der Waals surface area contributed by atoms with Crippen molar-refractivity contribution in [2.45, 2.75) is 138 Å². The molecule has 0 aliphatic rings. The zero-order valence-corrected chi connectivity index (χ0v) is 43.2. The molecule has 0 fully saturated rings. The minimum absolute atomic E-state index is 0.0123. The number of aliphatic hydroxyl groups is 1. The van der Waals surface area contributed by atoms with E-state index in [9.17, 15) is 58.5 Å². The van der Waals surface area contributed by atoms with Crippen LogP contribution in [-0.4, -0.2) is 180 Å². The molecule has 75 heavy (non-hydrogen) atoms. The fraction of sp³-hybridized carbons (Fsp3) is 0.644. The number of unbranched alkanes of at least 4 members (excludes halogenated alkanes) is 1. The molecular formula is C45H81N17O12S. The summed E-state index contributed by atoms with van der Waals surface area (Å²) < 4.78 is 0. The van der Waals surface area contributed by atoms with Crippen molar-refractivity contribution in [3.63, 3.8) is 0 Å². The molecule has 30 heteroatoms. The van der Waals surface area contributed by atoms with Crippen LogP contribution in [0.4, 0.5) is 0 Å². The number of hydrogen-bond donors (Lipinski definition) is 20. The zero-order chi connectivity index (χ0) is 56.6. The minimum Gasteiger partial charge on any atom is -0.508 e. The van der Waals surface area contributed by atoms with Crippen LogP contribution in [0, 0.1) is 0 Å². The third-order valence-corrected chi connectivity index (χ3v) is 11.7. The van der Waals surface area contributed by atoms with Gasteiger partial charge in [-0.05, 0) is 122 Å². The SMILES string of the molecule is C[C@@H](O)[C@H](NC(=O)[C@H](CCN)NC(=O)[C@@H](N)CCCN=C(N)N)C(=O)N[C@H](CCN)C(=O)N[C@@H](CCCCN)C(=O)N[C@@H](CS)C(=O)N[C@@H](CCN)C(=O)N[C@@H](CCCN)C(=O)N[C@@H](Cc1ccc(O)cc1)C(=O)O. The Bertz CT molecular complexity index is 2020. The van der Waals surface area contributed by atoms with E-state index in [1.54, 1.807) is 0 Å². The number of amides is 8. The number of phenols is 1. The van der Waals surface area contributed by atoms with Gasteiger partial charge in [0.1, 0.15) is 54.1 Å². The molecule has 0 radical (unpaired) electrons. The topological polar surface area (TPSA) is 531 Å². The van der Waals surface area contributed by atoms with Gasteiger partial charge in [-0.15, -0.1) is 0 Å². The van der Waals surface area contributed by atoms with Gasteiger partial charge in [-0.1, -0.05) is 12.1 Å². The highest BCUT2D eigenvalue weighted by molar-refractivity contribution is 7.80. The predicted octanol–water partition coefficient (Wildman–Crippen LogP) is -7.50. The molecule has 27 N–H and O–H groups in total. The molecule has 1 aromatic carbocycles. The molecule has 0 unspecified atom stereocenters. The smallest absolute Gasteiger partial charge is 0.326 e. The van der Waals surface area contributed by atoms with E-state index >= 15 is 0 Å². The number of aromatic hydroxyl groups is 1. The van der Waals surface area contributed by atoms with E-state index < -0.39 is 114 Å². The first-order valence-corrected chi connectivity index (χ1v) is 25.2. The van der Waals surface area contributed by atoms with Crippen LogP contribution in [0.5, 0.6) is 5.75 Å². The standard InChI is InChI=1S/C45H81N17O12S/c1-24(63)35(62-41(70)32(15-20-50)55-36(65)27(51)6-5-21-54-45(52)53)43(72)59-31(14-19-49)40(69)56-28(7-2-3-16-46)38(67)61-34(23-75)42(71)58-30(13-18-48)39(68)57-29(8-4-17-47)37(66)60-33(44(73)74)22-25-9-11-26(64)12-10-25/h9-12,24,27-35,63-64,75H,2-8,13-23,46-51H2,1H3,(H,55,65)(H,56,69)(H,57,68)(H,58,71)(H,59,72)(H,60,66)(H,61,67)(H,62,70)(H,73,74)(H4,52,53,54)/t24-,27+,28+,29+,30+,31-,32+,33+,34+,35+/m1/s1. The number of aliphatic imine (C=N–C) groups is 1. The summed E-state index contributed by atoms with van der Waals surface area (Å²) in [6.07, 6.45) is -0.682. The number of benzene rings is 1. The number of carboxylic acids is 1. The van der Waals surface area contributed by atoms with Crippen LogP contribution < -0.4 is 88.4 Å². The van der Waals surface area contributed by atoms with Gasteiger partial charge >= 0.3 is 5.97 Å². The highest BCUT2D eigenvalue weighted by Gasteiger charge is 2.35. The molecule has 1 rings (SSSR count). The lowest BCUT2D eigenvalue weighted by Crippen LogP contribution is -2.62. The summed E-state index contributed by atoms with van der Waals surface area (Å²) in [5.74, 6) is -8.91. The van der Waals surface area contributed by atoms with Gasteiger partial charge in [-0.2, -0.15) is 12.6 Å². The number of thiol groups is 1. The Morgan fingerprint density at radius 2 is 0.920 bits per heavy atom. The second-order valence-corrected chi connectivity index (χ2v) is 17.9. The first-order chi connectivity index (χ1) is 35.6. The first-order valence-electron chi connectivity index (χ1n) is 24.6. The number of nitrogens with two attached hydrogens (primary N) is 8. The van der Waals surface area contributed by atoms with Gasteiger partial charge in [-0.3, -0.25) is 43.3 Å². The Labute approximate surface area is 441 Å². The lowest BCUT2D eigenvalue weighted by molar-refractivity contribution is -0.142. The number of nitrogens with zero attached hydrogens (tertiary/aromatic N) is 1. The molecule has 0 aliphatic carbocycles. The molecule has 1 aromatic rings. The van der Waals surface area contributed by atoms with E-state index in [-0.39, 0.29) is 108 Å². The number of aliphatic carboxylic acids is 1. The Hall–Kier alpha value is -6.41. The molecule has 0 spiro atoms. The molecule has 29 nitrogen and oxygen atoms in total. The number of carbonyl (C=O) groups is 9. The number of carbonyl (C=O) groups excluding carboxylic acids is 8. The second-order valence-electron chi connectivity index (χ2n) is 17.5. The normalized spacial score (nSPS) is 15.1. The van der Waals surface area contributed by atoms with Crippen LogP contribution in [0.2, 0.25) is 0 Å². The number of carboxylic acid groups (broad SMARTS) is 1. The lowest BCUT2D eigenvalue weighted by atomic mass is 10.0. The average Bonchev–Trinajstić information content (AvgIpc) is 3.36. The van der Waals surface area contributed by atoms with E-state index in [1.807, 2.05) is 0 Å². The van der Waals surface area contributed by atoms with Crippen molar-refractivity contribution in [2.24, 2.45) is 50.9 Å². The van der Waals surface area contributed by atoms with Gasteiger partial charge in [0.2, 0.25) is 47.3 Å². The number of aliphatic hydroxyl groups excluding tert-OH is 1. The quantitative estimate of drug-likeness (QED) is 0.0127. The summed E-state index contributed by atoms with van der Waals surface area (Å²) in [6.45, 7) is 1.38. The van der Waals surface area contributed by atoms with Crippen molar-refractivity contribution in [3.8, 4) is 5.75 Å². The van der Waals surface area contributed by atoms with Gasteiger partial charge < -0.3 is 104 Å². The van der Waals surface area contributed by atoms with E-state index in [0.29, 0.717) is 24.8 Å². The molecule has 0 saturated carbocycles. The highest BCUT2D eigenvalue weighted by Crippen LogP contribution is 2.13. The molecule has 0 saturated heterocycles. The molecule has 10 atom stereocenters. The van der Waals surface area contributed by atoms with E-state index in [2.05, 4.69) is 60.2 Å². The van der Waals surface area contributed by atoms with Crippen LogP contribution in [0.15, 0.2) is 29.3 Å². The first kappa shape index (κ1) is 66.6. The summed E-state index contributed by atoms with van der Waals surface area (Å²) in [6, 6.07) is -6.66. The van der Waals surface area contributed by atoms with Gasteiger partial charge in [0.15, 0.2) is 5.96 Å². The Balaban J connectivity index is 3.22. The van der Waals surface area contributed by atoms with Crippen LogP contribution in [0.1, 0.15) is 76.7 Å². The van der Waals surface area contributed by atoms with Crippen molar-refractivity contribution in [2.75, 3.05) is 45.0 Å². The maximum Gasteiger partial charge on any atom is 0.326 e. The summed E-state index contributed by atoms with van der Waals surface area (Å²) in [7, 11) is 0. The molecule has 0 aromatic heterocycles. The van der Waals surface area contributed by atoms with Gasteiger partial charge in [0, 0.05) is 18.7 Å². The molecular weight excluding hydrogens is 1000 g/mol. The highest BCUT2D eigenvalue weighted by atomic mass is 32.1. The zero-order valence-electron chi connectivity index (χ0n) is 42.3. The van der Waals surface area contributed by atoms with Crippen LogP contribution in [0.25, 0.3) is 0 Å². The van der Waals surface area contributed by atoms with Crippen molar-refractivity contribution >= 4 is 71.8 Å². The summed E-state index contributed by atoms with van der Waals surface area (Å²) in [5.41, 5.74) is 45.8. The Morgan fingerprint density at radius 1 is 0.520 bits per heavy atom. The lowest BCUT2D eigenvalue weighted by Gasteiger charge is -2.28. The van der Waals surface area contributed by atoms with Crippen LogP contribution in [-0.2, 0) is 49.6 Å². The summed E-state index contributed by atoms with van der Waals surface area (Å²) in [5, 5.41) is 49.9. The third-order valence-electron chi connectivity index (χ3n) is 11.3. The number of hydrogen-bond acceptors (Lipinski definition) is 19. The predicted molar refractivity (Wildman–Crippen MR) is 281 cm³/mol. The van der Waals surface area contributed by atoms with Crippen molar-refractivity contribution in [1.29, 1.82) is 0 Å². The van der Waals surface area contributed by atoms with Crippen LogP contribution >= 0.6 is 12.6 Å². The van der Waals surface area contributed by atoms with E-state index in [0.717, 1.165) is 0 Å². The number of nitrogens with one attached hydrogen (secondary N) is 8. The van der Waals surface area contributed by atoms with Crippen molar-refractivity contribution in [1.82, 2.24) is 42.5 Å². The third kappa shape index (κ3) is 25.6. The number of phenolic OH excluding ortho intramolecular Hbond substituents is 1. The van der Waals surface area contributed by atoms with E-state index in [4.69, 9.17) is 45.9 Å². The average molecular weight is 1080 g/mol. The summed E-state index contributed by atoms with van der Waals surface area (Å²) >= 11 is 4.23. The second kappa shape index (κ2) is 36.5. The minimum atomic E-state index is -1.68. The molecule has 0 heterocycles. The fourth-order valence-electron chi connectivity index (χ4n) is 7.13. The molecule has 424 valence electrons. The number of rotatable bonds is 38. The maximum atomic E-state index is 13.9. The van der Waals surface area contributed by atoms with Gasteiger partial charge in [0.05, 0.1) is 12.1 Å². The molecule has 0 bridgehead atoms. The number of guanidine groups is 1. The van der Waals surface area contributed by atoms with Crippen LogP contribution in [0.3, 0.4) is 0 Å². The molecule has 0 aliphatic heterocycles. The molecule has 8 amide bonds. The fourth-order valence-corrected chi connectivity index (χ4v) is 7.39. The van der Waals surface area contributed by atoms with Gasteiger partial charge in [0.25, 0.3) is 0 Å². The van der Waals surface area contributed by atoms with E-state index in [1.165, 1.54) is 31.2 Å². The van der Waals surface area contributed by atoms with Crippen molar-refractivity contribution in [3.05, 3.63) is 29.8 Å². The largest absolute Gasteiger partial charge is 0.508 e. The monoisotopic (exact) mass is 1080 g/mol. The maximum absolute atomic E-state index is 13.9. The Kier molecular flexibility index (Phi) is 32.4. The Morgan fingerprint density at radius 3 is 1.35 bits per heavy atom. The van der Waals surface area contributed by atoms with Crippen molar-refractivity contribution < 1.29 is 58.5 Å².